The SMILES string of the molecule is CCOC(=O)c1c(N)[nH]c2cc(OC)c(O)cc12. The van der Waals surface area contributed by atoms with E-state index >= 15 is 0 Å². The van der Waals surface area contributed by atoms with Crippen LogP contribution in [0.3, 0.4) is 0 Å². The molecule has 1 aromatic heterocycles. The molecule has 0 saturated heterocycles. The number of rotatable bonds is 3. The predicted molar refractivity (Wildman–Crippen MR) is 66.9 cm³/mol. The van der Waals surface area contributed by atoms with E-state index in [4.69, 9.17) is 15.2 Å². The quantitative estimate of drug-likeness (QED) is 0.719. The van der Waals surface area contributed by atoms with E-state index in [2.05, 4.69) is 4.98 Å². The first-order valence-electron chi connectivity index (χ1n) is 5.43. The zero-order chi connectivity index (χ0) is 13.3. The molecule has 0 aliphatic rings. The summed E-state index contributed by atoms with van der Waals surface area (Å²) in [5.41, 5.74) is 6.58. The van der Waals surface area contributed by atoms with Crippen molar-refractivity contribution in [2.75, 3.05) is 19.5 Å². The van der Waals surface area contributed by atoms with Crippen molar-refractivity contribution in [3.05, 3.63) is 17.7 Å². The number of aromatic hydroxyl groups is 1. The lowest BCUT2D eigenvalue weighted by molar-refractivity contribution is 0.0530. The first-order valence-corrected chi connectivity index (χ1v) is 5.43. The van der Waals surface area contributed by atoms with Gasteiger partial charge in [-0.15, -0.1) is 0 Å². The van der Waals surface area contributed by atoms with Crippen molar-refractivity contribution in [3.63, 3.8) is 0 Å². The molecular weight excluding hydrogens is 236 g/mol. The van der Waals surface area contributed by atoms with Crippen LogP contribution in [0.4, 0.5) is 5.82 Å². The fourth-order valence-corrected chi connectivity index (χ4v) is 1.82. The van der Waals surface area contributed by atoms with Crippen molar-refractivity contribution in [1.82, 2.24) is 4.98 Å². The monoisotopic (exact) mass is 250 g/mol. The number of hydrogen-bond acceptors (Lipinski definition) is 5. The van der Waals surface area contributed by atoms with Crippen LogP contribution >= 0.6 is 0 Å². The van der Waals surface area contributed by atoms with Crippen molar-refractivity contribution in [2.24, 2.45) is 0 Å². The molecular formula is C12H14N2O4. The minimum Gasteiger partial charge on any atom is -0.504 e. The van der Waals surface area contributed by atoms with Gasteiger partial charge in [-0.3, -0.25) is 0 Å². The van der Waals surface area contributed by atoms with Gasteiger partial charge >= 0.3 is 5.97 Å². The first-order chi connectivity index (χ1) is 8.58. The van der Waals surface area contributed by atoms with E-state index in [1.54, 1.807) is 13.0 Å². The normalized spacial score (nSPS) is 10.6. The smallest absolute Gasteiger partial charge is 0.342 e. The number of methoxy groups -OCH3 is 1. The van der Waals surface area contributed by atoms with Crippen LogP contribution in [0.2, 0.25) is 0 Å². The Morgan fingerprint density at radius 2 is 2.22 bits per heavy atom. The van der Waals surface area contributed by atoms with Crippen LogP contribution in [0.5, 0.6) is 11.5 Å². The third-order valence-electron chi connectivity index (χ3n) is 2.61. The Morgan fingerprint density at radius 3 is 2.83 bits per heavy atom. The van der Waals surface area contributed by atoms with Crippen LogP contribution < -0.4 is 10.5 Å². The number of nitrogens with one attached hydrogen (secondary N) is 1. The average molecular weight is 250 g/mol. The van der Waals surface area contributed by atoms with E-state index in [-0.39, 0.29) is 23.7 Å². The summed E-state index contributed by atoms with van der Waals surface area (Å²) in [6, 6.07) is 3.00. The van der Waals surface area contributed by atoms with Crippen molar-refractivity contribution in [2.45, 2.75) is 6.92 Å². The van der Waals surface area contributed by atoms with E-state index < -0.39 is 5.97 Å². The maximum Gasteiger partial charge on any atom is 0.342 e. The summed E-state index contributed by atoms with van der Waals surface area (Å²) >= 11 is 0. The Hall–Kier alpha value is -2.37. The van der Waals surface area contributed by atoms with E-state index in [1.807, 2.05) is 0 Å². The number of H-pyrrole nitrogens is 1. The number of carbonyl (C=O) groups is 1. The highest BCUT2D eigenvalue weighted by atomic mass is 16.5. The van der Waals surface area contributed by atoms with Gasteiger partial charge in [0.05, 0.1) is 19.2 Å². The number of aromatic nitrogens is 1. The summed E-state index contributed by atoms with van der Waals surface area (Å²) < 4.78 is 9.90. The van der Waals surface area contributed by atoms with Crippen molar-refractivity contribution < 1.29 is 19.4 Å². The van der Waals surface area contributed by atoms with Gasteiger partial charge in [-0.1, -0.05) is 0 Å². The molecule has 1 heterocycles. The van der Waals surface area contributed by atoms with Gasteiger partial charge in [0.2, 0.25) is 0 Å². The molecule has 0 unspecified atom stereocenters. The number of nitrogen functional groups attached to an aromatic ring is 1. The Balaban J connectivity index is 2.64. The maximum atomic E-state index is 11.8. The van der Waals surface area contributed by atoms with Gasteiger partial charge in [-0.05, 0) is 13.0 Å². The number of aromatic amines is 1. The number of carbonyl (C=O) groups excluding carboxylic acids is 1. The van der Waals surface area contributed by atoms with E-state index in [9.17, 15) is 9.90 Å². The molecule has 6 nitrogen and oxygen atoms in total. The predicted octanol–water partition coefficient (Wildman–Crippen LogP) is 1.64. The number of fused-ring (bicyclic) bond motifs is 1. The highest BCUT2D eigenvalue weighted by Crippen LogP contribution is 2.34. The largest absolute Gasteiger partial charge is 0.504 e. The van der Waals surface area contributed by atoms with Gasteiger partial charge in [-0.2, -0.15) is 0 Å². The summed E-state index contributed by atoms with van der Waals surface area (Å²) in [6.07, 6.45) is 0. The van der Waals surface area contributed by atoms with E-state index in [0.29, 0.717) is 16.7 Å². The van der Waals surface area contributed by atoms with Crippen molar-refractivity contribution in [3.8, 4) is 11.5 Å². The summed E-state index contributed by atoms with van der Waals surface area (Å²) in [7, 11) is 1.44. The third-order valence-corrected chi connectivity index (χ3v) is 2.61. The second kappa shape index (κ2) is 4.48. The molecule has 0 atom stereocenters. The zero-order valence-corrected chi connectivity index (χ0v) is 10.1. The Kier molecular flexibility index (Phi) is 3.01. The van der Waals surface area contributed by atoms with Crippen molar-refractivity contribution >= 4 is 22.7 Å². The number of phenolic OH excluding ortho intramolecular Hbond substituents is 1. The molecule has 0 saturated carbocycles. The zero-order valence-electron chi connectivity index (χ0n) is 10.1. The second-order valence-corrected chi connectivity index (χ2v) is 3.70. The molecule has 2 rings (SSSR count). The van der Waals surface area contributed by atoms with Gasteiger partial charge in [0.15, 0.2) is 11.5 Å². The molecule has 18 heavy (non-hydrogen) atoms. The molecule has 2 aromatic rings. The lowest BCUT2D eigenvalue weighted by Crippen LogP contribution is -2.06. The van der Waals surface area contributed by atoms with Gasteiger partial charge in [0, 0.05) is 11.5 Å². The third kappa shape index (κ3) is 1.81. The highest BCUT2D eigenvalue weighted by molar-refractivity contribution is 6.09. The molecule has 0 bridgehead atoms. The first kappa shape index (κ1) is 12.1. The van der Waals surface area contributed by atoms with Crippen LogP contribution in [-0.4, -0.2) is 29.8 Å². The topological polar surface area (TPSA) is 97.6 Å². The lowest BCUT2D eigenvalue weighted by Gasteiger charge is -2.04. The standard InChI is InChI=1S/C12H14N2O4/c1-3-18-12(16)10-6-4-8(15)9(17-2)5-7(6)14-11(10)13/h4-5,14-15H,3,13H2,1-2H3. The molecule has 0 fully saturated rings. The number of phenols is 1. The van der Waals surface area contributed by atoms with Gasteiger partial charge in [-0.25, -0.2) is 4.79 Å². The van der Waals surface area contributed by atoms with Crippen LogP contribution in [0.1, 0.15) is 17.3 Å². The number of esters is 1. The lowest BCUT2D eigenvalue weighted by atomic mass is 10.1. The Labute approximate surface area is 103 Å². The molecule has 4 N–H and O–H groups in total. The summed E-state index contributed by atoms with van der Waals surface area (Å²) in [5, 5.41) is 10.2. The molecule has 0 aliphatic carbocycles. The number of anilines is 1. The highest BCUT2D eigenvalue weighted by Gasteiger charge is 2.19. The summed E-state index contributed by atoms with van der Waals surface area (Å²) in [6.45, 7) is 1.97. The van der Waals surface area contributed by atoms with E-state index in [1.165, 1.54) is 13.2 Å². The van der Waals surface area contributed by atoms with Gasteiger partial charge in [0.1, 0.15) is 11.4 Å². The molecule has 1 aromatic carbocycles. The number of hydrogen-bond donors (Lipinski definition) is 3. The van der Waals surface area contributed by atoms with E-state index in [0.717, 1.165) is 0 Å². The minimum atomic E-state index is -0.522. The minimum absolute atomic E-state index is 0.0606. The number of benzene rings is 1. The van der Waals surface area contributed by atoms with Crippen LogP contribution in [0, 0.1) is 0 Å². The molecule has 0 amide bonds. The van der Waals surface area contributed by atoms with Crippen molar-refractivity contribution in [1.29, 1.82) is 0 Å². The Morgan fingerprint density at radius 1 is 1.50 bits per heavy atom. The molecule has 0 aliphatic heterocycles. The number of nitrogens with two attached hydrogens (primary N) is 1. The van der Waals surface area contributed by atoms with Gasteiger partial charge < -0.3 is 25.3 Å². The van der Waals surface area contributed by atoms with Gasteiger partial charge in [0.25, 0.3) is 0 Å². The van der Waals surface area contributed by atoms with Crippen LogP contribution in [-0.2, 0) is 4.74 Å². The van der Waals surface area contributed by atoms with Crippen LogP contribution in [0.15, 0.2) is 12.1 Å². The summed E-state index contributed by atoms with van der Waals surface area (Å²) in [4.78, 5) is 14.6. The Bertz CT molecular complexity index is 604. The molecule has 0 spiro atoms. The molecule has 6 heteroatoms. The fraction of sp³-hybridized carbons (Fsp3) is 0.250. The average Bonchev–Trinajstić information content (AvgIpc) is 2.63. The molecule has 0 radical (unpaired) electrons. The maximum absolute atomic E-state index is 11.8. The van der Waals surface area contributed by atoms with Crippen LogP contribution in [0.25, 0.3) is 10.9 Å². The second-order valence-electron chi connectivity index (χ2n) is 3.70. The molecule has 96 valence electrons. The fourth-order valence-electron chi connectivity index (χ4n) is 1.82. The number of ether oxygens (including phenoxy) is 2. The summed E-state index contributed by atoms with van der Waals surface area (Å²) in [5.74, 6) is -0.0735.